The Morgan fingerprint density at radius 1 is 1.53 bits per heavy atom. The van der Waals surface area contributed by atoms with E-state index in [0.717, 1.165) is 11.3 Å². The molecule has 0 aliphatic rings. The summed E-state index contributed by atoms with van der Waals surface area (Å²) in [7, 11) is 1.73. The highest BCUT2D eigenvalue weighted by atomic mass is 16.5. The number of likely N-dealkylation sites (N-methyl/N-ethyl adjacent to an activating group) is 1. The Kier molecular flexibility index (Phi) is 4.97. The van der Waals surface area contributed by atoms with Gasteiger partial charge in [-0.15, -0.1) is 0 Å². The molecule has 0 aliphatic carbocycles. The fraction of sp³-hybridized carbons (Fsp3) is 0.462. The van der Waals surface area contributed by atoms with Crippen LogP contribution in [0.2, 0.25) is 0 Å². The second kappa shape index (κ2) is 6.25. The Labute approximate surface area is 102 Å². The van der Waals surface area contributed by atoms with Gasteiger partial charge in [-0.05, 0) is 31.5 Å². The number of carbonyl (C=O) groups is 1. The highest BCUT2D eigenvalue weighted by Gasteiger charge is 2.12. The molecule has 0 fully saturated rings. The van der Waals surface area contributed by atoms with Gasteiger partial charge in [0.1, 0.15) is 12.4 Å². The molecule has 0 spiro atoms. The molecule has 1 rings (SSSR count). The lowest BCUT2D eigenvalue weighted by Crippen LogP contribution is -2.41. The molecule has 1 atom stereocenters. The van der Waals surface area contributed by atoms with Crippen LogP contribution in [-0.4, -0.2) is 37.0 Å². The van der Waals surface area contributed by atoms with Crippen molar-refractivity contribution in [3.05, 3.63) is 29.8 Å². The molecule has 17 heavy (non-hydrogen) atoms. The van der Waals surface area contributed by atoms with E-state index in [2.05, 4.69) is 0 Å². The van der Waals surface area contributed by atoms with Crippen molar-refractivity contribution >= 4 is 5.91 Å². The van der Waals surface area contributed by atoms with Crippen molar-refractivity contribution in [3.63, 3.8) is 0 Å². The molecule has 94 valence electrons. The largest absolute Gasteiger partial charge is 0.492 e. The standard InChI is InChI=1S/C13H20N2O2/c1-10-5-4-6-12(9-10)17-8-7-15(3)13(16)11(2)14/h4-6,9,11H,7-8,14H2,1-3H3/t11-/m1/s1. The minimum Gasteiger partial charge on any atom is -0.492 e. The number of ether oxygens (including phenoxy) is 1. The van der Waals surface area contributed by atoms with Crippen LogP contribution in [0, 0.1) is 6.92 Å². The molecular weight excluding hydrogens is 216 g/mol. The number of benzene rings is 1. The van der Waals surface area contributed by atoms with E-state index in [1.165, 1.54) is 0 Å². The SMILES string of the molecule is Cc1cccc(OCCN(C)C(=O)[C@@H](C)N)c1. The number of hydrogen-bond acceptors (Lipinski definition) is 3. The highest BCUT2D eigenvalue weighted by molar-refractivity contribution is 5.80. The lowest BCUT2D eigenvalue weighted by Gasteiger charge is -2.19. The van der Waals surface area contributed by atoms with Crippen LogP contribution < -0.4 is 10.5 Å². The molecule has 0 unspecified atom stereocenters. The van der Waals surface area contributed by atoms with Gasteiger partial charge in [0.05, 0.1) is 12.6 Å². The molecule has 0 saturated carbocycles. The topological polar surface area (TPSA) is 55.6 Å². The monoisotopic (exact) mass is 236 g/mol. The van der Waals surface area contributed by atoms with E-state index < -0.39 is 6.04 Å². The maximum atomic E-state index is 11.5. The average Bonchev–Trinajstić information content (AvgIpc) is 2.27. The summed E-state index contributed by atoms with van der Waals surface area (Å²) in [6.45, 7) is 4.70. The molecule has 0 saturated heterocycles. The second-order valence-corrected chi connectivity index (χ2v) is 4.21. The van der Waals surface area contributed by atoms with Gasteiger partial charge < -0.3 is 15.4 Å². The Morgan fingerprint density at radius 2 is 2.24 bits per heavy atom. The summed E-state index contributed by atoms with van der Waals surface area (Å²) in [6, 6.07) is 7.37. The smallest absolute Gasteiger partial charge is 0.239 e. The molecule has 0 bridgehead atoms. The van der Waals surface area contributed by atoms with Crippen LogP contribution in [0.15, 0.2) is 24.3 Å². The lowest BCUT2D eigenvalue weighted by atomic mass is 10.2. The summed E-state index contributed by atoms with van der Waals surface area (Å²) in [4.78, 5) is 13.1. The van der Waals surface area contributed by atoms with E-state index in [-0.39, 0.29) is 5.91 Å². The summed E-state index contributed by atoms with van der Waals surface area (Å²) < 4.78 is 5.55. The van der Waals surface area contributed by atoms with Crippen LogP contribution in [0.5, 0.6) is 5.75 Å². The van der Waals surface area contributed by atoms with E-state index >= 15 is 0 Å². The van der Waals surface area contributed by atoms with Gasteiger partial charge in [0.15, 0.2) is 0 Å². The van der Waals surface area contributed by atoms with Crippen LogP contribution in [0.25, 0.3) is 0 Å². The van der Waals surface area contributed by atoms with Crippen LogP contribution in [0.4, 0.5) is 0 Å². The van der Waals surface area contributed by atoms with Crippen molar-refractivity contribution in [2.75, 3.05) is 20.2 Å². The molecular formula is C13H20N2O2. The zero-order chi connectivity index (χ0) is 12.8. The van der Waals surface area contributed by atoms with E-state index in [1.807, 2.05) is 31.2 Å². The molecule has 1 amide bonds. The van der Waals surface area contributed by atoms with E-state index in [1.54, 1.807) is 18.9 Å². The van der Waals surface area contributed by atoms with Crippen molar-refractivity contribution in [1.29, 1.82) is 0 Å². The Hall–Kier alpha value is -1.55. The number of rotatable bonds is 5. The Balaban J connectivity index is 2.35. The predicted octanol–water partition coefficient (Wildman–Crippen LogP) is 1.18. The highest BCUT2D eigenvalue weighted by Crippen LogP contribution is 2.11. The summed E-state index contributed by atoms with van der Waals surface area (Å²) in [5.41, 5.74) is 6.66. The number of amides is 1. The van der Waals surface area contributed by atoms with Crippen molar-refractivity contribution in [1.82, 2.24) is 4.90 Å². The van der Waals surface area contributed by atoms with Gasteiger partial charge in [0.2, 0.25) is 5.91 Å². The average molecular weight is 236 g/mol. The van der Waals surface area contributed by atoms with E-state index in [4.69, 9.17) is 10.5 Å². The van der Waals surface area contributed by atoms with E-state index in [9.17, 15) is 4.79 Å². The molecule has 0 aliphatic heterocycles. The van der Waals surface area contributed by atoms with Crippen LogP contribution in [0.3, 0.4) is 0 Å². The number of nitrogens with zero attached hydrogens (tertiary/aromatic N) is 1. The zero-order valence-corrected chi connectivity index (χ0v) is 10.6. The summed E-state index contributed by atoms with van der Waals surface area (Å²) in [6.07, 6.45) is 0. The maximum Gasteiger partial charge on any atom is 0.239 e. The minimum absolute atomic E-state index is 0.0714. The molecule has 1 aromatic rings. The zero-order valence-electron chi connectivity index (χ0n) is 10.6. The van der Waals surface area contributed by atoms with Gasteiger partial charge in [-0.3, -0.25) is 4.79 Å². The van der Waals surface area contributed by atoms with Gasteiger partial charge >= 0.3 is 0 Å². The van der Waals surface area contributed by atoms with Crippen LogP contribution in [0.1, 0.15) is 12.5 Å². The quantitative estimate of drug-likeness (QED) is 0.835. The minimum atomic E-state index is -0.459. The first-order valence-corrected chi connectivity index (χ1v) is 5.70. The third-order valence-corrected chi connectivity index (χ3v) is 2.45. The fourth-order valence-electron chi connectivity index (χ4n) is 1.46. The number of carbonyl (C=O) groups excluding carboxylic acids is 1. The summed E-state index contributed by atoms with van der Waals surface area (Å²) in [5, 5.41) is 0. The normalized spacial score (nSPS) is 12.0. The van der Waals surface area contributed by atoms with Crippen molar-refractivity contribution in [2.45, 2.75) is 19.9 Å². The first kappa shape index (κ1) is 13.5. The summed E-state index contributed by atoms with van der Waals surface area (Å²) >= 11 is 0. The van der Waals surface area contributed by atoms with Crippen molar-refractivity contribution < 1.29 is 9.53 Å². The van der Waals surface area contributed by atoms with Gasteiger partial charge in [-0.25, -0.2) is 0 Å². The molecule has 2 N–H and O–H groups in total. The molecule has 0 aromatic heterocycles. The van der Waals surface area contributed by atoms with Crippen molar-refractivity contribution in [3.8, 4) is 5.75 Å². The number of aryl methyl sites for hydroxylation is 1. The van der Waals surface area contributed by atoms with Gasteiger partial charge in [0.25, 0.3) is 0 Å². The lowest BCUT2D eigenvalue weighted by molar-refractivity contribution is -0.131. The molecule has 4 nitrogen and oxygen atoms in total. The van der Waals surface area contributed by atoms with Gasteiger partial charge in [0, 0.05) is 7.05 Å². The van der Waals surface area contributed by atoms with Gasteiger partial charge in [-0.1, -0.05) is 12.1 Å². The number of nitrogens with two attached hydrogens (primary N) is 1. The third-order valence-electron chi connectivity index (χ3n) is 2.45. The van der Waals surface area contributed by atoms with Crippen LogP contribution in [-0.2, 0) is 4.79 Å². The summed E-state index contributed by atoms with van der Waals surface area (Å²) in [5.74, 6) is 0.754. The molecule has 4 heteroatoms. The first-order valence-electron chi connectivity index (χ1n) is 5.70. The van der Waals surface area contributed by atoms with Crippen molar-refractivity contribution in [2.24, 2.45) is 5.73 Å². The van der Waals surface area contributed by atoms with Gasteiger partial charge in [-0.2, -0.15) is 0 Å². The third kappa shape index (κ3) is 4.44. The fourth-order valence-corrected chi connectivity index (χ4v) is 1.46. The Morgan fingerprint density at radius 3 is 2.82 bits per heavy atom. The number of hydrogen-bond donors (Lipinski definition) is 1. The first-order chi connectivity index (χ1) is 8.00. The predicted molar refractivity (Wildman–Crippen MR) is 68.0 cm³/mol. The van der Waals surface area contributed by atoms with E-state index in [0.29, 0.717) is 13.2 Å². The molecule has 0 heterocycles. The maximum absolute atomic E-state index is 11.5. The second-order valence-electron chi connectivity index (χ2n) is 4.21. The molecule has 1 aromatic carbocycles. The molecule has 0 radical (unpaired) electrons. The Bertz CT molecular complexity index is 377. The van der Waals surface area contributed by atoms with Crippen LogP contribution >= 0.6 is 0 Å².